The van der Waals surface area contributed by atoms with Crippen LogP contribution in [0.1, 0.15) is 34.7 Å². The van der Waals surface area contributed by atoms with Gasteiger partial charge in [-0.3, -0.25) is 0 Å². The van der Waals surface area contributed by atoms with Crippen LogP contribution in [0.5, 0.6) is 5.75 Å². The second kappa shape index (κ2) is 5.63. The quantitative estimate of drug-likeness (QED) is 0.694. The third kappa shape index (κ3) is 2.54. The minimum atomic E-state index is 0.479. The largest absolute Gasteiger partial charge is 0.487 e. The average Bonchev–Trinajstić information content (AvgIpc) is 2.90. The molecule has 0 spiro atoms. The molecule has 0 aliphatic heterocycles. The van der Waals surface area contributed by atoms with Gasteiger partial charge in [0.05, 0.1) is 16.4 Å². The van der Waals surface area contributed by atoms with Crippen molar-refractivity contribution >= 4 is 17.0 Å². The minimum Gasteiger partial charge on any atom is -0.487 e. The number of aromatic nitrogens is 1. The lowest BCUT2D eigenvalue weighted by molar-refractivity contribution is 0.297. The highest BCUT2D eigenvalue weighted by Gasteiger charge is 2.19. The fraction of sp³-hybridized carbons (Fsp3) is 0.333. The van der Waals surface area contributed by atoms with Gasteiger partial charge in [0.1, 0.15) is 12.4 Å². The number of thiazole rings is 1. The first kappa shape index (κ1) is 13.1. The van der Waals surface area contributed by atoms with Crippen LogP contribution in [0, 0.1) is 6.92 Å². The van der Waals surface area contributed by atoms with Gasteiger partial charge >= 0.3 is 0 Å². The standard InChI is InChI=1S/C15H16N2O2S/c1-10-16-11(9-20-10)8-19-15-7-3-4-12-13(15)5-2-6-14(12)17-18/h3-4,7,9,18H,2,5-6,8H2,1H3. The van der Waals surface area contributed by atoms with E-state index < -0.39 is 0 Å². The van der Waals surface area contributed by atoms with Gasteiger partial charge in [0.2, 0.25) is 0 Å². The van der Waals surface area contributed by atoms with Crippen molar-refractivity contribution in [1.29, 1.82) is 0 Å². The number of rotatable bonds is 3. The lowest BCUT2D eigenvalue weighted by Gasteiger charge is -2.20. The highest BCUT2D eigenvalue weighted by molar-refractivity contribution is 7.09. The molecule has 0 unspecified atom stereocenters. The maximum Gasteiger partial charge on any atom is 0.131 e. The van der Waals surface area contributed by atoms with Crippen LogP contribution in [0.15, 0.2) is 28.7 Å². The van der Waals surface area contributed by atoms with Crippen LogP contribution in [-0.4, -0.2) is 15.9 Å². The summed E-state index contributed by atoms with van der Waals surface area (Å²) in [4.78, 5) is 4.40. The molecule has 1 aromatic heterocycles. The lowest BCUT2D eigenvalue weighted by Crippen LogP contribution is -2.13. The number of fused-ring (bicyclic) bond motifs is 1. The van der Waals surface area contributed by atoms with E-state index in [2.05, 4.69) is 10.1 Å². The van der Waals surface area contributed by atoms with E-state index >= 15 is 0 Å². The summed E-state index contributed by atoms with van der Waals surface area (Å²) in [6.45, 7) is 2.47. The van der Waals surface area contributed by atoms with Crippen molar-refractivity contribution in [2.45, 2.75) is 32.8 Å². The van der Waals surface area contributed by atoms with Crippen LogP contribution < -0.4 is 4.74 Å². The molecule has 1 aliphatic rings. The molecule has 4 nitrogen and oxygen atoms in total. The van der Waals surface area contributed by atoms with Crippen molar-refractivity contribution in [2.24, 2.45) is 5.16 Å². The zero-order valence-electron chi connectivity index (χ0n) is 11.3. The van der Waals surface area contributed by atoms with Gasteiger partial charge in [0.15, 0.2) is 0 Å². The van der Waals surface area contributed by atoms with E-state index in [0.29, 0.717) is 6.61 Å². The Bertz CT molecular complexity index is 649. The van der Waals surface area contributed by atoms with Crippen molar-refractivity contribution in [1.82, 2.24) is 4.98 Å². The second-order valence-electron chi connectivity index (χ2n) is 4.83. The van der Waals surface area contributed by atoms with Gasteiger partial charge in [0.25, 0.3) is 0 Å². The molecule has 104 valence electrons. The number of aryl methyl sites for hydroxylation is 1. The number of hydrogen-bond acceptors (Lipinski definition) is 5. The van der Waals surface area contributed by atoms with E-state index in [4.69, 9.17) is 9.94 Å². The molecule has 0 amide bonds. The molecule has 0 saturated heterocycles. The highest BCUT2D eigenvalue weighted by Crippen LogP contribution is 2.30. The SMILES string of the molecule is Cc1nc(COc2cccc3c2CCCC3=NO)cs1. The van der Waals surface area contributed by atoms with Crippen molar-refractivity contribution < 1.29 is 9.94 Å². The third-order valence-electron chi connectivity index (χ3n) is 3.45. The normalized spacial score (nSPS) is 16.1. The zero-order chi connectivity index (χ0) is 13.9. The van der Waals surface area contributed by atoms with Gasteiger partial charge in [-0.2, -0.15) is 0 Å². The second-order valence-corrected chi connectivity index (χ2v) is 5.89. The first-order chi connectivity index (χ1) is 9.78. The molecule has 2 aromatic rings. The molecule has 1 heterocycles. The third-order valence-corrected chi connectivity index (χ3v) is 4.27. The van der Waals surface area contributed by atoms with Crippen molar-refractivity contribution in [3.63, 3.8) is 0 Å². The van der Waals surface area contributed by atoms with Crippen LogP contribution >= 0.6 is 11.3 Å². The molecule has 3 rings (SSSR count). The summed E-state index contributed by atoms with van der Waals surface area (Å²) in [5, 5.41) is 15.5. The van der Waals surface area contributed by atoms with Crippen molar-refractivity contribution in [2.75, 3.05) is 0 Å². The summed E-state index contributed by atoms with van der Waals surface area (Å²) in [6.07, 6.45) is 2.77. The van der Waals surface area contributed by atoms with Crippen LogP contribution in [0.2, 0.25) is 0 Å². The molecule has 0 radical (unpaired) electrons. The van der Waals surface area contributed by atoms with Gasteiger partial charge in [-0.1, -0.05) is 17.3 Å². The highest BCUT2D eigenvalue weighted by atomic mass is 32.1. The Morgan fingerprint density at radius 1 is 1.40 bits per heavy atom. The number of hydrogen-bond donors (Lipinski definition) is 1. The van der Waals surface area contributed by atoms with E-state index in [0.717, 1.165) is 52.6 Å². The Morgan fingerprint density at radius 2 is 2.30 bits per heavy atom. The maximum atomic E-state index is 9.08. The summed E-state index contributed by atoms with van der Waals surface area (Å²) in [6, 6.07) is 5.90. The van der Waals surface area contributed by atoms with Gasteiger partial charge in [0, 0.05) is 16.5 Å². The lowest BCUT2D eigenvalue weighted by atomic mass is 9.89. The summed E-state index contributed by atoms with van der Waals surface area (Å²) in [5.41, 5.74) is 3.85. The summed E-state index contributed by atoms with van der Waals surface area (Å²) in [7, 11) is 0. The Balaban J connectivity index is 1.83. The number of nitrogens with zero attached hydrogens (tertiary/aromatic N) is 2. The molecule has 0 fully saturated rings. The van der Waals surface area contributed by atoms with Crippen LogP contribution in [0.25, 0.3) is 0 Å². The molecule has 0 atom stereocenters. The Kier molecular flexibility index (Phi) is 3.69. The van der Waals surface area contributed by atoms with E-state index in [9.17, 15) is 0 Å². The van der Waals surface area contributed by atoms with Crippen LogP contribution in [-0.2, 0) is 13.0 Å². The van der Waals surface area contributed by atoms with E-state index in [1.54, 1.807) is 11.3 Å². The van der Waals surface area contributed by atoms with Gasteiger partial charge < -0.3 is 9.94 Å². The molecular formula is C15H16N2O2S. The molecule has 0 bridgehead atoms. The van der Waals surface area contributed by atoms with Gasteiger partial charge in [-0.15, -0.1) is 11.3 Å². The predicted molar refractivity (Wildman–Crippen MR) is 78.9 cm³/mol. The summed E-state index contributed by atoms with van der Waals surface area (Å²) in [5.74, 6) is 0.869. The topological polar surface area (TPSA) is 54.7 Å². The zero-order valence-corrected chi connectivity index (χ0v) is 12.1. The average molecular weight is 288 g/mol. The van der Waals surface area contributed by atoms with Crippen LogP contribution in [0.4, 0.5) is 0 Å². The van der Waals surface area contributed by atoms with E-state index in [-0.39, 0.29) is 0 Å². The molecule has 5 heteroatoms. The Hall–Kier alpha value is -1.88. The molecule has 1 aliphatic carbocycles. The summed E-state index contributed by atoms with van der Waals surface area (Å²) < 4.78 is 5.90. The fourth-order valence-corrected chi connectivity index (χ4v) is 3.12. The Labute approximate surface area is 121 Å². The summed E-state index contributed by atoms with van der Waals surface area (Å²) >= 11 is 1.63. The monoisotopic (exact) mass is 288 g/mol. The Morgan fingerprint density at radius 3 is 3.05 bits per heavy atom. The van der Waals surface area contributed by atoms with E-state index in [1.807, 2.05) is 30.5 Å². The number of ether oxygens (including phenoxy) is 1. The molecule has 0 saturated carbocycles. The first-order valence-corrected chi connectivity index (χ1v) is 7.53. The van der Waals surface area contributed by atoms with Gasteiger partial charge in [-0.25, -0.2) is 4.98 Å². The molecule has 1 N–H and O–H groups in total. The smallest absolute Gasteiger partial charge is 0.131 e. The van der Waals surface area contributed by atoms with Gasteiger partial charge in [-0.05, 0) is 32.3 Å². The minimum absolute atomic E-state index is 0.479. The number of benzene rings is 1. The predicted octanol–water partition coefficient (Wildman–Crippen LogP) is 3.55. The number of oxime groups is 1. The molecule has 20 heavy (non-hydrogen) atoms. The fourth-order valence-electron chi connectivity index (χ4n) is 2.53. The van der Waals surface area contributed by atoms with Crippen molar-refractivity contribution in [3.05, 3.63) is 45.4 Å². The maximum absolute atomic E-state index is 9.08. The van der Waals surface area contributed by atoms with E-state index in [1.165, 1.54) is 0 Å². The first-order valence-electron chi connectivity index (χ1n) is 6.65. The molecule has 1 aromatic carbocycles. The van der Waals surface area contributed by atoms with Crippen LogP contribution in [0.3, 0.4) is 0 Å². The molecular weight excluding hydrogens is 272 g/mol. The van der Waals surface area contributed by atoms with Crippen molar-refractivity contribution in [3.8, 4) is 5.75 Å².